The first kappa shape index (κ1) is 16.2. The number of nitrogens with zero attached hydrogens (tertiary/aromatic N) is 1. The van der Waals surface area contributed by atoms with Gasteiger partial charge in [0.1, 0.15) is 5.82 Å². The first-order valence-corrected chi connectivity index (χ1v) is 7.75. The monoisotopic (exact) mass is 294 g/mol. The van der Waals surface area contributed by atoms with Crippen LogP contribution < -0.4 is 10.2 Å². The number of hydrogen-bond acceptors (Lipinski definition) is 3. The molecule has 118 valence electrons. The third kappa shape index (κ3) is 4.68. The molecule has 0 amide bonds. The van der Waals surface area contributed by atoms with Crippen molar-refractivity contribution in [1.29, 1.82) is 0 Å². The van der Waals surface area contributed by atoms with Gasteiger partial charge in [0.2, 0.25) is 0 Å². The van der Waals surface area contributed by atoms with Gasteiger partial charge in [-0.25, -0.2) is 4.39 Å². The predicted octanol–water partition coefficient (Wildman–Crippen LogP) is 3.19. The van der Waals surface area contributed by atoms with E-state index in [2.05, 4.69) is 24.1 Å². The van der Waals surface area contributed by atoms with Gasteiger partial charge in [0, 0.05) is 33.3 Å². The molecule has 1 aromatic carbocycles. The fourth-order valence-corrected chi connectivity index (χ4v) is 2.95. The van der Waals surface area contributed by atoms with E-state index in [9.17, 15) is 4.39 Å². The number of benzene rings is 1. The van der Waals surface area contributed by atoms with Gasteiger partial charge < -0.3 is 15.0 Å². The lowest BCUT2D eigenvalue weighted by atomic mass is 9.84. The van der Waals surface area contributed by atoms with Gasteiger partial charge in [-0.3, -0.25) is 0 Å². The topological polar surface area (TPSA) is 24.5 Å². The van der Waals surface area contributed by atoms with E-state index in [1.165, 1.54) is 6.42 Å². The number of halogens is 1. The first-order valence-electron chi connectivity index (χ1n) is 7.75. The van der Waals surface area contributed by atoms with Crippen molar-refractivity contribution in [1.82, 2.24) is 5.32 Å². The molecule has 0 saturated carbocycles. The van der Waals surface area contributed by atoms with E-state index in [1.54, 1.807) is 13.2 Å². The van der Waals surface area contributed by atoms with Crippen LogP contribution in [0.15, 0.2) is 18.2 Å². The fourth-order valence-electron chi connectivity index (χ4n) is 2.95. The standard InChI is InChI=1S/C17H27FN2O/c1-17(2)7-4-9-20(13-17)16-6-5-14(11-15(16)18)12-19-8-10-21-3/h5-6,11,19H,4,7-10,12-13H2,1-3H3. The zero-order valence-corrected chi connectivity index (χ0v) is 13.4. The molecule has 21 heavy (non-hydrogen) atoms. The van der Waals surface area contributed by atoms with Crippen molar-refractivity contribution in [3.63, 3.8) is 0 Å². The average Bonchev–Trinajstić information content (AvgIpc) is 2.42. The summed E-state index contributed by atoms with van der Waals surface area (Å²) in [4.78, 5) is 2.18. The number of methoxy groups -OCH3 is 1. The molecule has 0 aliphatic carbocycles. The molecule has 1 saturated heterocycles. The Morgan fingerprint density at radius 2 is 2.19 bits per heavy atom. The van der Waals surface area contributed by atoms with Crippen LogP contribution in [-0.4, -0.2) is 33.4 Å². The van der Waals surface area contributed by atoms with Crippen LogP contribution in [0.4, 0.5) is 10.1 Å². The molecular weight excluding hydrogens is 267 g/mol. The van der Waals surface area contributed by atoms with Crippen LogP contribution in [-0.2, 0) is 11.3 Å². The van der Waals surface area contributed by atoms with Crippen molar-refractivity contribution < 1.29 is 9.13 Å². The molecule has 1 aromatic rings. The lowest BCUT2D eigenvalue weighted by Crippen LogP contribution is -2.40. The van der Waals surface area contributed by atoms with Crippen molar-refractivity contribution in [3.05, 3.63) is 29.6 Å². The Kier molecular flexibility index (Phi) is 5.59. The lowest BCUT2D eigenvalue weighted by Gasteiger charge is -2.39. The van der Waals surface area contributed by atoms with Gasteiger partial charge in [-0.15, -0.1) is 0 Å². The Bertz CT molecular complexity index is 462. The Morgan fingerprint density at radius 3 is 2.86 bits per heavy atom. The molecule has 0 atom stereocenters. The molecule has 2 rings (SSSR count). The summed E-state index contributed by atoms with van der Waals surface area (Å²) in [5.41, 5.74) is 1.98. The molecule has 0 unspecified atom stereocenters. The van der Waals surface area contributed by atoms with Gasteiger partial charge >= 0.3 is 0 Å². The maximum atomic E-state index is 14.4. The summed E-state index contributed by atoms with van der Waals surface area (Å²) in [6.07, 6.45) is 2.35. The molecule has 3 nitrogen and oxygen atoms in total. The van der Waals surface area contributed by atoms with E-state index in [1.807, 2.05) is 12.1 Å². The SMILES string of the molecule is COCCNCc1ccc(N2CCCC(C)(C)C2)c(F)c1. The predicted molar refractivity (Wildman–Crippen MR) is 85.2 cm³/mol. The van der Waals surface area contributed by atoms with Gasteiger partial charge in [0.25, 0.3) is 0 Å². The van der Waals surface area contributed by atoms with Crippen LogP contribution in [0.5, 0.6) is 0 Å². The molecule has 1 aliphatic rings. The summed E-state index contributed by atoms with van der Waals surface area (Å²) in [6, 6.07) is 5.58. The summed E-state index contributed by atoms with van der Waals surface area (Å²) in [7, 11) is 1.68. The first-order chi connectivity index (χ1) is 10.0. The number of nitrogens with one attached hydrogen (secondary N) is 1. The van der Waals surface area contributed by atoms with Crippen LogP contribution in [0.25, 0.3) is 0 Å². The van der Waals surface area contributed by atoms with Gasteiger partial charge in [-0.1, -0.05) is 19.9 Å². The fraction of sp³-hybridized carbons (Fsp3) is 0.647. The normalized spacial score (nSPS) is 18.0. The molecule has 4 heteroatoms. The van der Waals surface area contributed by atoms with Crippen LogP contribution in [0.1, 0.15) is 32.3 Å². The van der Waals surface area contributed by atoms with Crippen LogP contribution in [0, 0.1) is 11.2 Å². The van der Waals surface area contributed by atoms with Gasteiger partial charge in [-0.05, 0) is 36.0 Å². The number of anilines is 1. The second kappa shape index (κ2) is 7.23. The summed E-state index contributed by atoms with van der Waals surface area (Å²) < 4.78 is 19.3. The van der Waals surface area contributed by atoms with Crippen LogP contribution in [0.3, 0.4) is 0 Å². The van der Waals surface area contributed by atoms with E-state index in [0.29, 0.717) is 13.2 Å². The van der Waals surface area contributed by atoms with E-state index in [4.69, 9.17) is 4.74 Å². The van der Waals surface area contributed by atoms with E-state index in [-0.39, 0.29) is 11.2 Å². The second-order valence-electron chi connectivity index (χ2n) is 6.64. The Balaban J connectivity index is 1.98. The van der Waals surface area contributed by atoms with Gasteiger partial charge in [-0.2, -0.15) is 0 Å². The number of rotatable bonds is 6. The third-order valence-corrected chi connectivity index (χ3v) is 4.07. The molecule has 1 heterocycles. The molecule has 0 radical (unpaired) electrons. The number of ether oxygens (including phenoxy) is 1. The quantitative estimate of drug-likeness (QED) is 0.816. The van der Waals surface area contributed by atoms with Crippen molar-refractivity contribution in [2.75, 3.05) is 38.3 Å². The minimum atomic E-state index is -0.112. The maximum Gasteiger partial charge on any atom is 0.146 e. The Morgan fingerprint density at radius 1 is 1.38 bits per heavy atom. The maximum absolute atomic E-state index is 14.4. The van der Waals surface area contributed by atoms with Gasteiger partial charge in [0.05, 0.1) is 12.3 Å². The Labute approximate surface area is 127 Å². The lowest BCUT2D eigenvalue weighted by molar-refractivity contribution is 0.199. The van der Waals surface area contributed by atoms with E-state index in [0.717, 1.165) is 37.3 Å². The summed E-state index contributed by atoms with van der Waals surface area (Å²) >= 11 is 0. The highest BCUT2D eigenvalue weighted by atomic mass is 19.1. The van der Waals surface area contributed by atoms with Crippen molar-refractivity contribution in [2.24, 2.45) is 5.41 Å². The number of piperidine rings is 1. The highest BCUT2D eigenvalue weighted by Gasteiger charge is 2.27. The highest BCUT2D eigenvalue weighted by Crippen LogP contribution is 2.32. The molecule has 0 aromatic heterocycles. The Hall–Kier alpha value is -1.13. The summed E-state index contributed by atoms with van der Waals surface area (Å²) in [6.45, 7) is 8.51. The number of hydrogen-bond donors (Lipinski definition) is 1. The van der Waals surface area contributed by atoms with Crippen LogP contribution in [0.2, 0.25) is 0 Å². The largest absolute Gasteiger partial charge is 0.383 e. The molecule has 0 bridgehead atoms. The minimum Gasteiger partial charge on any atom is -0.383 e. The molecule has 0 spiro atoms. The van der Waals surface area contributed by atoms with Crippen molar-refractivity contribution in [3.8, 4) is 0 Å². The van der Waals surface area contributed by atoms with Crippen molar-refractivity contribution >= 4 is 5.69 Å². The van der Waals surface area contributed by atoms with Crippen LogP contribution >= 0.6 is 0 Å². The zero-order valence-electron chi connectivity index (χ0n) is 13.4. The second-order valence-corrected chi connectivity index (χ2v) is 6.64. The van der Waals surface area contributed by atoms with Crippen molar-refractivity contribution in [2.45, 2.75) is 33.2 Å². The summed E-state index contributed by atoms with van der Waals surface area (Å²) in [5, 5.41) is 3.24. The molecule has 1 aliphatic heterocycles. The summed E-state index contributed by atoms with van der Waals surface area (Å²) in [5.74, 6) is -0.112. The molecular formula is C17H27FN2O. The minimum absolute atomic E-state index is 0.112. The molecule has 1 N–H and O–H groups in total. The van der Waals surface area contributed by atoms with Gasteiger partial charge in [0.15, 0.2) is 0 Å². The average molecular weight is 294 g/mol. The third-order valence-electron chi connectivity index (χ3n) is 4.07. The molecule has 1 fully saturated rings. The highest BCUT2D eigenvalue weighted by molar-refractivity contribution is 5.49. The van der Waals surface area contributed by atoms with E-state index >= 15 is 0 Å². The van der Waals surface area contributed by atoms with E-state index < -0.39 is 0 Å². The zero-order chi connectivity index (χ0) is 15.3. The smallest absolute Gasteiger partial charge is 0.146 e.